The van der Waals surface area contributed by atoms with Crippen molar-refractivity contribution >= 4 is 40.1 Å². The smallest absolute Gasteiger partial charge is 0.139 e. The van der Waals surface area contributed by atoms with Gasteiger partial charge in [0.1, 0.15) is 17.2 Å². The summed E-state index contributed by atoms with van der Waals surface area (Å²) in [4.78, 5) is 7.58. The van der Waals surface area contributed by atoms with Gasteiger partial charge in [-0.15, -0.1) is 11.3 Å². The van der Waals surface area contributed by atoms with Gasteiger partial charge in [0.25, 0.3) is 0 Å². The minimum absolute atomic E-state index is 0.636. The van der Waals surface area contributed by atoms with Gasteiger partial charge < -0.3 is 10.6 Å². The fourth-order valence-corrected chi connectivity index (χ4v) is 2.98. The molecule has 3 heterocycles. The highest BCUT2D eigenvalue weighted by molar-refractivity contribution is 7.19. The Bertz CT molecular complexity index is 744. The van der Waals surface area contributed by atoms with E-state index in [1.807, 2.05) is 53.9 Å². The number of fused-ring (bicyclic) bond motifs is 1. The number of halogens is 1. The Hall–Kier alpha value is -1.72. The zero-order valence-corrected chi connectivity index (χ0v) is 12.2. The second kappa shape index (κ2) is 4.43. The second-order valence-corrected chi connectivity index (χ2v) is 6.17. The lowest BCUT2D eigenvalue weighted by Gasteiger charge is -2.12. The molecule has 0 atom stereocenters. The Labute approximate surface area is 120 Å². The highest BCUT2D eigenvalue weighted by Gasteiger charge is 2.13. The van der Waals surface area contributed by atoms with Gasteiger partial charge in [-0.05, 0) is 24.3 Å². The molecule has 0 aliphatic heterocycles. The number of nitrogen functional groups attached to an aromatic ring is 1. The van der Waals surface area contributed by atoms with Gasteiger partial charge in [0.15, 0.2) is 0 Å². The summed E-state index contributed by atoms with van der Waals surface area (Å²) in [6.07, 6.45) is 1.98. The lowest BCUT2D eigenvalue weighted by atomic mass is 10.3. The number of aromatic nitrogens is 2. The third-order valence-electron chi connectivity index (χ3n) is 2.96. The van der Waals surface area contributed by atoms with Crippen molar-refractivity contribution in [2.45, 2.75) is 0 Å². The van der Waals surface area contributed by atoms with E-state index in [0.29, 0.717) is 5.82 Å². The molecule has 3 aromatic rings. The molecule has 0 unspecified atom stereocenters. The van der Waals surface area contributed by atoms with E-state index < -0.39 is 0 Å². The third-order valence-corrected chi connectivity index (χ3v) is 4.20. The fourth-order valence-electron chi connectivity index (χ4n) is 1.94. The molecule has 0 saturated heterocycles. The van der Waals surface area contributed by atoms with Gasteiger partial charge in [-0.1, -0.05) is 11.6 Å². The minimum atomic E-state index is 0.636. The summed E-state index contributed by atoms with van der Waals surface area (Å²) >= 11 is 7.44. The van der Waals surface area contributed by atoms with Crippen LogP contribution >= 0.6 is 22.9 Å². The molecule has 19 heavy (non-hydrogen) atoms. The lowest BCUT2D eigenvalue weighted by Crippen LogP contribution is -2.09. The van der Waals surface area contributed by atoms with Crippen molar-refractivity contribution in [2.75, 3.05) is 24.7 Å². The summed E-state index contributed by atoms with van der Waals surface area (Å²) < 4.78 is 2.64. The van der Waals surface area contributed by atoms with Crippen LogP contribution in [0.1, 0.15) is 0 Å². The van der Waals surface area contributed by atoms with E-state index in [1.165, 1.54) is 11.3 Å². The number of nitrogens with zero attached hydrogens (tertiary/aromatic N) is 3. The van der Waals surface area contributed by atoms with Crippen LogP contribution in [0.5, 0.6) is 0 Å². The molecule has 98 valence electrons. The van der Waals surface area contributed by atoms with Crippen molar-refractivity contribution in [2.24, 2.45) is 0 Å². The molecule has 0 spiro atoms. The van der Waals surface area contributed by atoms with Gasteiger partial charge in [-0.3, -0.25) is 4.40 Å². The van der Waals surface area contributed by atoms with E-state index >= 15 is 0 Å². The third kappa shape index (κ3) is 2.05. The maximum atomic E-state index is 6.19. The summed E-state index contributed by atoms with van der Waals surface area (Å²) in [5.41, 5.74) is 8.89. The summed E-state index contributed by atoms with van der Waals surface area (Å²) in [7, 11) is 3.99. The van der Waals surface area contributed by atoms with E-state index in [9.17, 15) is 0 Å². The number of hydrogen-bond donors (Lipinski definition) is 1. The Morgan fingerprint density at radius 1 is 1.26 bits per heavy atom. The van der Waals surface area contributed by atoms with Crippen molar-refractivity contribution in [1.82, 2.24) is 9.38 Å². The molecule has 0 aromatic carbocycles. The van der Waals surface area contributed by atoms with Gasteiger partial charge in [0.05, 0.1) is 14.9 Å². The monoisotopic (exact) mass is 292 g/mol. The van der Waals surface area contributed by atoms with Crippen LogP contribution in [0.15, 0.2) is 30.5 Å². The standard InChI is InChI=1S/C13H13ClN4S/c1-17(2)8-3-6-11-16-12(13(15)18(11)7-8)9-4-5-10(14)19-9/h3-7H,15H2,1-2H3. The molecule has 0 bridgehead atoms. The van der Waals surface area contributed by atoms with E-state index in [0.717, 1.165) is 26.2 Å². The number of hydrogen-bond acceptors (Lipinski definition) is 4. The van der Waals surface area contributed by atoms with Crippen molar-refractivity contribution < 1.29 is 0 Å². The summed E-state index contributed by atoms with van der Waals surface area (Å²) in [6.45, 7) is 0. The summed E-state index contributed by atoms with van der Waals surface area (Å²) in [6, 6.07) is 7.78. The Balaban J connectivity index is 2.20. The SMILES string of the molecule is CN(C)c1ccc2nc(-c3ccc(Cl)s3)c(N)n2c1. The Morgan fingerprint density at radius 2 is 2.05 bits per heavy atom. The zero-order valence-electron chi connectivity index (χ0n) is 10.6. The van der Waals surface area contributed by atoms with Crippen LogP contribution in [0.4, 0.5) is 11.5 Å². The number of thiophene rings is 1. The maximum Gasteiger partial charge on any atom is 0.139 e. The quantitative estimate of drug-likeness (QED) is 0.788. The van der Waals surface area contributed by atoms with Crippen LogP contribution in [-0.2, 0) is 0 Å². The molecule has 3 rings (SSSR count). The summed E-state index contributed by atoms with van der Waals surface area (Å²) in [5, 5.41) is 0. The van der Waals surface area contributed by atoms with E-state index in [2.05, 4.69) is 4.98 Å². The summed E-state index contributed by atoms with van der Waals surface area (Å²) in [5.74, 6) is 0.636. The average molecular weight is 293 g/mol. The van der Waals surface area contributed by atoms with Gasteiger partial charge in [0, 0.05) is 20.3 Å². The molecule has 2 N–H and O–H groups in total. The number of pyridine rings is 1. The molecule has 0 saturated carbocycles. The largest absolute Gasteiger partial charge is 0.383 e. The van der Waals surface area contributed by atoms with Crippen LogP contribution in [0.2, 0.25) is 4.34 Å². The maximum absolute atomic E-state index is 6.19. The predicted molar refractivity (Wildman–Crippen MR) is 82.3 cm³/mol. The number of nitrogens with two attached hydrogens (primary N) is 1. The van der Waals surface area contributed by atoms with E-state index in [4.69, 9.17) is 17.3 Å². The molecule has 3 aromatic heterocycles. The molecule has 0 aliphatic carbocycles. The molecule has 0 fully saturated rings. The van der Waals surface area contributed by atoms with Crippen LogP contribution in [0, 0.1) is 0 Å². The van der Waals surface area contributed by atoms with Crippen LogP contribution in [0.25, 0.3) is 16.2 Å². The zero-order chi connectivity index (χ0) is 13.6. The average Bonchev–Trinajstić information content (AvgIpc) is 2.93. The van der Waals surface area contributed by atoms with Crippen molar-refractivity contribution in [3.8, 4) is 10.6 Å². The number of anilines is 2. The minimum Gasteiger partial charge on any atom is -0.383 e. The normalized spacial score (nSPS) is 11.1. The molecule has 4 nitrogen and oxygen atoms in total. The fraction of sp³-hybridized carbons (Fsp3) is 0.154. The van der Waals surface area contributed by atoms with Gasteiger partial charge in [-0.2, -0.15) is 0 Å². The highest BCUT2D eigenvalue weighted by atomic mass is 35.5. The van der Waals surface area contributed by atoms with Gasteiger partial charge in [-0.25, -0.2) is 4.98 Å². The molecular weight excluding hydrogens is 280 g/mol. The van der Waals surface area contributed by atoms with Crippen LogP contribution in [0.3, 0.4) is 0 Å². The molecule has 0 amide bonds. The van der Waals surface area contributed by atoms with Gasteiger partial charge in [0.2, 0.25) is 0 Å². The molecule has 0 aliphatic rings. The van der Waals surface area contributed by atoms with Crippen molar-refractivity contribution in [1.29, 1.82) is 0 Å². The first-order valence-corrected chi connectivity index (χ1v) is 6.96. The van der Waals surface area contributed by atoms with E-state index in [-0.39, 0.29) is 0 Å². The second-order valence-electron chi connectivity index (χ2n) is 4.46. The highest BCUT2D eigenvalue weighted by Crippen LogP contribution is 2.34. The van der Waals surface area contributed by atoms with Crippen LogP contribution < -0.4 is 10.6 Å². The van der Waals surface area contributed by atoms with Crippen molar-refractivity contribution in [3.05, 3.63) is 34.8 Å². The molecule has 0 radical (unpaired) electrons. The Kier molecular flexibility index (Phi) is 2.88. The van der Waals surface area contributed by atoms with Crippen LogP contribution in [-0.4, -0.2) is 23.5 Å². The van der Waals surface area contributed by atoms with E-state index in [1.54, 1.807) is 0 Å². The number of rotatable bonds is 2. The Morgan fingerprint density at radius 3 is 2.68 bits per heavy atom. The molecular formula is C13H13ClN4S. The lowest BCUT2D eigenvalue weighted by molar-refractivity contribution is 1.09. The van der Waals surface area contributed by atoms with Crippen molar-refractivity contribution in [3.63, 3.8) is 0 Å². The van der Waals surface area contributed by atoms with Gasteiger partial charge >= 0.3 is 0 Å². The topological polar surface area (TPSA) is 46.6 Å². The first-order valence-electron chi connectivity index (χ1n) is 5.77. The number of imidazole rings is 1. The first-order chi connectivity index (χ1) is 9.06. The predicted octanol–water partition coefficient (Wildman–Crippen LogP) is 3.36. The molecule has 6 heteroatoms. The first kappa shape index (κ1) is 12.3.